The Balaban J connectivity index is -0.0000000383. The second-order valence-corrected chi connectivity index (χ2v) is 1.93. The Morgan fingerprint density at radius 1 is 1.18 bits per heavy atom. The molecule has 0 unspecified atom stereocenters. The molecule has 10 heteroatoms. The van der Waals surface area contributed by atoms with Crippen LogP contribution in [0, 0.1) is 0 Å². The predicted molar refractivity (Wildman–Crippen MR) is 20.8 cm³/mol. The van der Waals surface area contributed by atoms with Crippen LogP contribution in [0.25, 0.3) is 0 Å². The summed E-state index contributed by atoms with van der Waals surface area (Å²) in [5, 5.41) is 13.9. The summed E-state index contributed by atoms with van der Waals surface area (Å²) in [5.41, 5.74) is 0. The minimum atomic E-state index is -5.11. The van der Waals surface area contributed by atoms with Crippen LogP contribution in [0.1, 0.15) is 0 Å². The van der Waals surface area contributed by atoms with E-state index < -0.39 is 15.2 Å². The summed E-state index contributed by atoms with van der Waals surface area (Å²) in [6.07, 6.45) is -1.83. The van der Waals surface area contributed by atoms with Gasteiger partial charge < -0.3 is 29.4 Å². The second-order valence-electron chi connectivity index (χ2n) is 0.831. The van der Waals surface area contributed by atoms with Gasteiger partial charge in [0, 0.05) is 0 Å². The molecule has 0 spiro atoms. The van der Waals surface area contributed by atoms with Crippen molar-refractivity contribution < 1.29 is 115 Å². The van der Waals surface area contributed by atoms with Gasteiger partial charge in [-0.3, -0.25) is 0 Å². The number of carbonyl (C=O) groups is 1. The molecule has 0 radical (unpaired) electrons. The molecule has 0 amide bonds. The van der Waals surface area contributed by atoms with Crippen LogP contribution in [-0.4, -0.2) is 35.0 Å². The first kappa shape index (κ1) is 23.1. The molecule has 0 aliphatic carbocycles. The van der Waals surface area contributed by atoms with Crippen LogP contribution in [0.4, 0.5) is 4.79 Å². The molecule has 56 valence electrons. The van der Waals surface area contributed by atoms with Gasteiger partial charge in [0.05, 0.1) is 0 Å². The van der Waals surface area contributed by atoms with Gasteiger partial charge in [-0.1, -0.05) is 0 Å². The fraction of sp³-hybridized carbons (Fsp3) is 0. The van der Waals surface area contributed by atoms with E-state index in [1.807, 2.05) is 0 Å². The van der Waals surface area contributed by atoms with Crippen molar-refractivity contribution in [1.82, 2.24) is 0 Å². The van der Waals surface area contributed by atoms with Gasteiger partial charge in [-0.25, -0.2) is 4.79 Å². The van der Waals surface area contributed by atoms with Crippen molar-refractivity contribution in [2.75, 3.05) is 0 Å². The minimum Gasteiger partial charge on any atom is -0.828 e. The topological polar surface area (TPSA) is 144 Å². The molecule has 0 bridgehead atoms. The molecule has 0 heterocycles. The van der Waals surface area contributed by atoms with E-state index in [0.717, 1.165) is 0 Å². The maximum atomic E-state index is 8.80. The van der Waals surface area contributed by atoms with Gasteiger partial charge in [0.15, 0.2) is 0 Å². The van der Waals surface area contributed by atoms with Crippen LogP contribution in [0.15, 0.2) is 0 Å². The van der Waals surface area contributed by atoms with Crippen molar-refractivity contribution in [3.05, 3.63) is 0 Å². The molecule has 0 fully saturated rings. The molecule has 0 aliphatic heterocycles. The van der Waals surface area contributed by atoms with E-state index in [2.05, 4.69) is 0 Å². The molecular weight excluding hydrogens is 214 g/mol. The number of hydrogen-bond donors (Lipinski definition) is 4. The van der Waals surface area contributed by atoms with E-state index in [1.165, 1.54) is 0 Å². The van der Waals surface area contributed by atoms with Gasteiger partial charge in [0.2, 0.25) is 0 Å². The quantitative estimate of drug-likeness (QED) is 0.295. The second kappa shape index (κ2) is 12.0. The van der Waals surface area contributed by atoms with Gasteiger partial charge in [-0.05, 0) is 0 Å². The summed E-state index contributed by atoms with van der Waals surface area (Å²) < 4.78 is 0. The first-order valence-corrected chi connectivity index (χ1v) is 3.22. The third kappa shape index (κ3) is 308. The molecule has 11 heavy (non-hydrogen) atoms. The summed E-state index contributed by atoms with van der Waals surface area (Å²) in [7, 11) is -5.11. The fourth-order valence-corrected chi connectivity index (χ4v) is 0. The molecule has 0 aromatic carbocycles. The van der Waals surface area contributed by atoms with E-state index in [9.17, 15) is 0 Å². The van der Waals surface area contributed by atoms with Crippen molar-refractivity contribution in [2.24, 2.45) is 0 Å². The summed E-state index contributed by atoms with van der Waals surface area (Å²) in [4.78, 5) is 40.4. The molecule has 4 N–H and O–H groups in total. The van der Waals surface area contributed by atoms with Crippen molar-refractivity contribution >= 4 is 15.2 Å². The number of hydrogen-bond acceptors (Lipinski definition) is 5. The third-order valence-electron chi connectivity index (χ3n) is 0. The van der Waals surface area contributed by atoms with Gasteiger partial charge in [0.1, 0.15) is 9.05 Å². The van der Waals surface area contributed by atoms with E-state index in [4.69, 9.17) is 34.2 Å². The van der Waals surface area contributed by atoms with E-state index >= 15 is 0 Å². The Morgan fingerprint density at radius 2 is 1.18 bits per heavy atom. The normalized spacial score (nSPS) is 7.64. The molecule has 0 aromatic rings. The van der Waals surface area contributed by atoms with Gasteiger partial charge in [-0.2, -0.15) is 0 Å². The van der Waals surface area contributed by atoms with E-state index in [1.54, 1.807) is 0 Å². The summed E-state index contributed by atoms with van der Waals surface area (Å²) in [6, 6.07) is 0. The fourth-order valence-electron chi connectivity index (χ4n) is 0. The Kier molecular flexibility index (Phi) is 25.1. The zero-order chi connectivity index (χ0) is 8.08. The van der Waals surface area contributed by atoms with Crippen LogP contribution >= 0.6 is 0 Å². The monoisotopic (exact) mass is 218 g/mol. The van der Waals surface area contributed by atoms with Gasteiger partial charge in [-0.15, -0.1) is 0 Å². The number of rotatable bonds is 0. The van der Waals surface area contributed by atoms with Crippen LogP contribution < -0.4 is 90.5 Å². The van der Waals surface area contributed by atoms with Crippen LogP contribution in [0.5, 0.6) is 0 Å². The van der Waals surface area contributed by atoms with E-state index in [0.29, 0.717) is 0 Å². The predicted octanol–water partition coefficient (Wildman–Crippen LogP) is -9.64. The van der Waals surface area contributed by atoms with Crippen LogP contribution in [0.2, 0.25) is 0 Å². The maximum absolute atomic E-state index is 8.80. The average Bonchev–Trinajstić information content (AvgIpc) is 1.19. The van der Waals surface area contributed by atoms with Gasteiger partial charge >= 0.3 is 87.1 Å². The third-order valence-corrected chi connectivity index (χ3v) is 0. The number of carboxylic acid groups (broad SMARTS) is 2. The van der Waals surface area contributed by atoms with E-state index in [-0.39, 0.29) is 80.9 Å². The Bertz CT molecular complexity index is 80.9. The van der Waals surface area contributed by atoms with Crippen LogP contribution in [-0.2, 0) is 0 Å². The van der Waals surface area contributed by atoms with Crippen LogP contribution in [0.3, 0.4) is 0 Å². The Labute approximate surface area is 128 Å². The molecule has 0 aliphatic rings. The maximum Gasteiger partial charge on any atom is 1.00 e. The van der Waals surface area contributed by atoms with Gasteiger partial charge in [0.25, 0.3) is 0 Å². The zero-order valence-electron chi connectivity index (χ0n) is 6.01. The molecule has 0 aromatic heterocycles. The molecule has 0 atom stereocenters. The average molecular weight is 218 g/mol. The first-order chi connectivity index (χ1) is 3.73. The summed E-state index contributed by atoms with van der Waals surface area (Å²) in [6.45, 7) is 0. The molecule has 7 nitrogen and oxygen atoms in total. The Morgan fingerprint density at radius 3 is 1.18 bits per heavy atom. The zero-order valence-corrected chi connectivity index (χ0v) is 12.1. The molecule has 0 saturated carbocycles. The van der Waals surface area contributed by atoms with Crippen molar-refractivity contribution in [1.29, 1.82) is 0 Å². The smallest absolute Gasteiger partial charge is 0.828 e. The largest absolute Gasteiger partial charge is 1.00 e. The summed E-state index contributed by atoms with van der Waals surface area (Å²) >= 11 is 0. The van der Waals surface area contributed by atoms with Crippen molar-refractivity contribution in [3.63, 3.8) is 0 Å². The summed E-state index contributed by atoms with van der Waals surface area (Å²) in [5.74, 6) is 0. The molecule has 0 rings (SSSR count). The minimum absolute atomic E-state index is 0. The molecular formula is CH4KNaO7Si. The first-order valence-electron chi connectivity index (χ1n) is 1.51. The SMILES string of the molecule is O=C(O)O.[K+].[Na+].[O-][Si]([O-])(O)O. The van der Waals surface area contributed by atoms with Crippen molar-refractivity contribution in [2.45, 2.75) is 0 Å². The Hall–Kier alpha value is 1.96. The standard InChI is InChI=1S/CH2O3.K.Na.H2O4Si/c2-1(3)4;;;1-5(2,3)4/h(H2,2,3,4);;;1-2H/q;2*+1;-2. The van der Waals surface area contributed by atoms with Crippen molar-refractivity contribution in [3.8, 4) is 0 Å². The molecule has 0 saturated heterocycles.